The Labute approximate surface area is 115 Å². The van der Waals surface area contributed by atoms with E-state index in [1.165, 1.54) is 0 Å². The first-order valence-electron chi connectivity index (χ1n) is 5.24. The Morgan fingerprint density at radius 3 is 2.94 bits per heavy atom. The molecule has 18 heavy (non-hydrogen) atoms. The van der Waals surface area contributed by atoms with Crippen molar-refractivity contribution in [2.45, 2.75) is 13.5 Å². The van der Waals surface area contributed by atoms with Crippen molar-refractivity contribution in [3.63, 3.8) is 0 Å². The molecule has 2 heterocycles. The van der Waals surface area contributed by atoms with Crippen molar-refractivity contribution in [1.82, 2.24) is 14.7 Å². The molecule has 3 aromatic rings. The van der Waals surface area contributed by atoms with Crippen molar-refractivity contribution in [2.75, 3.05) is 0 Å². The maximum atomic E-state index is 5.97. The minimum Gasteiger partial charge on any atom is -0.356 e. The Morgan fingerprint density at radius 2 is 2.22 bits per heavy atom. The number of aromatic nitrogens is 3. The van der Waals surface area contributed by atoms with Gasteiger partial charge in [-0.3, -0.25) is 0 Å². The topological polar surface area (TPSA) is 43.9 Å². The predicted octanol–water partition coefficient (Wildman–Crippen LogP) is 3.46. The molecule has 0 radical (unpaired) electrons. The molecular formula is C12H11Cl2N3O. The molecule has 0 unspecified atom stereocenters. The molecule has 94 valence electrons. The lowest BCUT2D eigenvalue weighted by molar-refractivity contribution is 0.443. The van der Waals surface area contributed by atoms with Gasteiger partial charge in [0, 0.05) is 16.6 Å². The summed E-state index contributed by atoms with van der Waals surface area (Å²) in [6, 6.07) is 5.49. The molecule has 0 spiro atoms. The van der Waals surface area contributed by atoms with Crippen LogP contribution in [0, 0.1) is 6.92 Å². The van der Waals surface area contributed by atoms with Gasteiger partial charge in [-0.05, 0) is 25.1 Å². The van der Waals surface area contributed by atoms with E-state index in [-0.39, 0.29) is 12.4 Å². The number of imidazole rings is 1. The van der Waals surface area contributed by atoms with Crippen LogP contribution in [-0.2, 0) is 6.54 Å². The lowest BCUT2D eigenvalue weighted by atomic mass is 10.2. The van der Waals surface area contributed by atoms with Crippen molar-refractivity contribution >= 4 is 35.0 Å². The number of hydrogen-bond acceptors (Lipinski definition) is 3. The second-order valence-corrected chi connectivity index (χ2v) is 4.39. The van der Waals surface area contributed by atoms with Gasteiger partial charge in [0.15, 0.2) is 5.58 Å². The largest absolute Gasteiger partial charge is 0.356 e. The zero-order valence-electron chi connectivity index (χ0n) is 9.63. The molecule has 0 fully saturated rings. The van der Waals surface area contributed by atoms with E-state index in [2.05, 4.69) is 10.1 Å². The van der Waals surface area contributed by atoms with Gasteiger partial charge in [0.05, 0.1) is 18.6 Å². The minimum atomic E-state index is 0. The summed E-state index contributed by atoms with van der Waals surface area (Å²) in [6.45, 7) is 2.59. The Balaban J connectivity index is 0.00000120. The average Bonchev–Trinajstić information content (AvgIpc) is 2.87. The normalized spacial score (nSPS) is 10.6. The number of hydrogen-bond donors (Lipinski definition) is 0. The summed E-state index contributed by atoms with van der Waals surface area (Å²) in [6.07, 6.45) is 3.74. The van der Waals surface area contributed by atoms with Crippen molar-refractivity contribution in [3.8, 4) is 0 Å². The van der Waals surface area contributed by atoms with Crippen molar-refractivity contribution in [3.05, 3.63) is 47.1 Å². The van der Waals surface area contributed by atoms with Crippen LogP contribution in [0.3, 0.4) is 0 Å². The first kappa shape index (κ1) is 12.9. The van der Waals surface area contributed by atoms with E-state index in [0.717, 1.165) is 22.4 Å². The van der Waals surface area contributed by atoms with Gasteiger partial charge in [0.25, 0.3) is 0 Å². The molecule has 0 saturated heterocycles. The van der Waals surface area contributed by atoms with Gasteiger partial charge in [-0.15, -0.1) is 12.4 Å². The summed E-state index contributed by atoms with van der Waals surface area (Å²) in [5.74, 6) is 0. The molecule has 0 atom stereocenters. The summed E-state index contributed by atoms with van der Waals surface area (Å²) in [5.41, 5.74) is 2.59. The molecule has 0 amide bonds. The second kappa shape index (κ2) is 5.00. The minimum absolute atomic E-state index is 0. The van der Waals surface area contributed by atoms with Gasteiger partial charge >= 0.3 is 0 Å². The third-order valence-corrected chi connectivity index (χ3v) is 2.84. The van der Waals surface area contributed by atoms with Crippen LogP contribution in [0.4, 0.5) is 0 Å². The highest BCUT2D eigenvalue weighted by Crippen LogP contribution is 2.23. The van der Waals surface area contributed by atoms with E-state index in [1.54, 1.807) is 12.4 Å². The summed E-state index contributed by atoms with van der Waals surface area (Å²) in [5, 5.41) is 5.69. The lowest BCUT2D eigenvalue weighted by Gasteiger charge is -1.97. The van der Waals surface area contributed by atoms with Crippen LogP contribution in [-0.4, -0.2) is 14.7 Å². The zero-order valence-corrected chi connectivity index (χ0v) is 11.2. The predicted molar refractivity (Wildman–Crippen MR) is 72.3 cm³/mol. The van der Waals surface area contributed by atoms with Crippen molar-refractivity contribution in [2.24, 2.45) is 0 Å². The standard InChI is InChI=1S/C12H10ClN3O.ClH/c1-8-5-16(7-14-8)6-11-10-4-9(13)2-3-12(10)17-15-11;/h2-5,7H,6H2,1H3;1H. The Bertz CT molecular complexity index is 675. The van der Waals surface area contributed by atoms with Gasteiger partial charge in [-0.25, -0.2) is 4.98 Å². The van der Waals surface area contributed by atoms with E-state index in [1.807, 2.05) is 29.8 Å². The van der Waals surface area contributed by atoms with Crippen LogP contribution in [0.25, 0.3) is 11.0 Å². The number of benzene rings is 1. The quantitative estimate of drug-likeness (QED) is 0.724. The first-order valence-corrected chi connectivity index (χ1v) is 5.62. The monoisotopic (exact) mass is 283 g/mol. The van der Waals surface area contributed by atoms with E-state index in [9.17, 15) is 0 Å². The lowest BCUT2D eigenvalue weighted by Crippen LogP contribution is -1.96. The molecule has 0 aliphatic rings. The number of halogens is 2. The fourth-order valence-corrected chi connectivity index (χ4v) is 1.98. The molecular weight excluding hydrogens is 273 g/mol. The highest BCUT2D eigenvalue weighted by molar-refractivity contribution is 6.31. The van der Waals surface area contributed by atoms with Crippen LogP contribution in [0.5, 0.6) is 0 Å². The van der Waals surface area contributed by atoms with E-state index >= 15 is 0 Å². The highest BCUT2D eigenvalue weighted by atomic mass is 35.5. The average molecular weight is 284 g/mol. The van der Waals surface area contributed by atoms with Gasteiger partial charge in [0.1, 0.15) is 5.69 Å². The highest BCUT2D eigenvalue weighted by Gasteiger charge is 2.09. The van der Waals surface area contributed by atoms with E-state index in [4.69, 9.17) is 16.1 Å². The number of aryl methyl sites for hydroxylation is 1. The molecule has 4 nitrogen and oxygen atoms in total. The van der Waals surface area contributed by atoms with Crippen molar-refractivity contribution in [1.29, 1.82) is 0 Å². The Morgan fingerprint density at radius 1 is 1.39 bits per heavy atom. The third kappa shape index (κ3) is 2.35. The zero-order chi connectivity index (χ0) is 11.8. The summed E-state index contributed by atoms with van der Waals surface area (Å²) in [4.78, 5) is 4.17. The molecule has 6 heteroatoms. The molecule has 3 rings (SSSR count). The molecule has 0 aliphatic carbocycles. The van der Waals surface area contributed by atoms with Crippen LogP contribution < -0.4 is 0 Å². The van der Waals surface area contributed by atoms with Gasteiger partial charge in [-0.1, -0.05) is 16.8 Å². The molecule has 1 aromatic carbocycles. The first-order chi connectivity index (χ1) is 8.22. The SMILES string of the molecule is Cc1cn(Cc2noc3ccc(Cl)cc23)cn1.Cl. The number of rotatable bonds is 2. The maximum Gasteiger partial charge on any atom is 0.167 e. The van der Waals surface area contributed by atoms with E-state index < -0.39 is 0 Å². The van der Waals surface area contributed by atoms with E-state index in [0.29, 0.717) is 11.6 Å². The van der Waals surface area contributed by atoms with Crippen LogP contribution >= 0.6 is 24.0 Å². The molecule has 2 aromatic heterocycles. The Kier molecular flexibility index (Phi) is 3.59. The summed E-state index contributed by atoms with van der Waals surface area (Å²) in [7, 11) is 0. The second-order valence-electron chi connectivity index (χ2n) is 3.96. The molecule has 0 saturated carbocycles. The fourth-order valence-electron chi connectivity index (χ4n) is 1.81. The molecule has 0 bridgehead atoms. The van der Waals surface area contributed by atoms with Gasteiger partial charge < -0.3 is 9.09 Å². The van der Waals surface area contributed by atoms with Crippen molar-refractivity contribution < 1.29 is 4.52 Å². The number of nitrogens with zero attached hydrogens (tertiary/aromatic N) is 3. The summed E-state index contributed by atoms with van der Waals surface area (Å²) >= 11 is 5.97. The molecule has 0 aliphatic heterocycles. The maximum absolute atomic E-state index is 5.97. The van der Waals surface area contributed by atoms with Crippen LogP contribution in [0.2, 0.25) is 5.02 Å². The fraction of sp³-hybridized carbons (Fsp3) is 0.167. The van der Waals surface area contributed by atoms with Gasteiger partial charge in [0.2, 0.25) is 0 Å². The molecule has 0 N–H and O–H groups in total. The smallest absolute Gasteiger partial charge is 0.167 e. The van der Waals surface area contributed by atoms with Gasteiger partial charge in [-0.2, -0.15) is 0 Å². The third-order valence-electron chi connectivity index (χ3n) is 2.60. The Hall–Kier alpha value is -1.52. The van der Waals surface area contributed by atoms with Crippen LogP contribution in [0.1, 0.15) is 11.4 Å². The van der Waals surface area contributed by atoms with Crippen LogP contribution in [0.15, 0.2) is 35.2 Å². The number of fused-ring (bicyclic) bond motifs is 1. The summed E-state index contributed by atoms with van der Waals surface area (Å²) < 4.78 is 7.21.